The van der Waals surface area contributed by atoms with Crippen molar-refractivity contribution in [3.8, 4) is 0 Å². The zero-order valence-electron chi connectivity index (χ0n) is 10.5. The van der Waals surface area contributed by atoms with Gasteiger partial charge in [0.2, 0.25) is 0 Å². The van der Waals surface area contributed by atoms with Gasteiger partial charge in [-0.05, 0) is 0 Å². The van der Waals surface area contributed by atoms with E-state index in [1.165, 1.54) is 0 Å². The van der Waals surface area contributed by atoms with Crippen LogP contribution >= 0.6 is 0 Å². The zero-order valence-corrected chi connectivity index (χ0v) is 10.5. The first-order valence-electron chi connectivity index (χ1n) is 5.69. The molecule has 0 aliphatic rings. The molecule has 0 saturated carbocycles. The largest absolute Gasteiger partial charge is 0.394 e. The van der Waals surface area contributed by atoms with Gasteiger partial charge in [-0.15, -0.1) is 0 Å². The summed E-state index contributed by atoms with van der Waals surface area (Å²) in [4.78, 5) is 0. The lowest BCUT2D eigenvalue weighted by atomic mass is 10.0. The van der Waals surface area contributed by atoms with Gasteiger partial charge in [-0.25, -0.2) is 0 Å². The third-order valence-electron chi connectivity index (χ3n) is 1.98. The Morgan fingerprint density at radius 2 is 0.947 bits per heavy atom. The Bertz CT molecular complexity index is 162. The molecule has 0 heterocycles. The number of ether oxygens (including phenoxy) is 1. The lowest BCUT2D eigenvalue weighted by molar-refractivity contribution is -0.123. The van der Waals surface area contributed by atoms with Crippen LogP contribution in [0.3, 0.4) is 0 Å². The maximum atomic E-state index is 8.96. The maximum Gasteiger partial charge on any atom is 0.111 e. The number of aliphatic hydroxyl groups is 8. The van der Waals surface area contributed by atoms with Crippen LogP contribution in [0.25, 0.3) is 0 Å². The van der Waals surface area contributed by atoms with Crippen LogP contribution in [0, 0.1) is 0 Å². The Morgan fingerprint density at radius 3 is 1.16 bits per heavy atom. The molecule has 0 aliphatic carbocycles. The monoisotopic (exact) mass is 288 g/mol. The summed E-state index contributed by atoms with van der Waals surface area (Å²) in [5.41, 5.74) is 0. The molecule has 0 bridgehead atoms. The van der Waals surface area contributed by atoms with Crippen molar-refractivity contribution in [1.82, 2.24) is 0 Å². The van der Waals surface area contributed by atoms with Crippen molar-refractivity contribution in [2.45, 2.75) is 24.4 Å². The van der Waals surface area contributed by atoms with E-state index >= 15 is 0 Å². The minimum atomic E-state index is -1.67. The third-order valence-corrected chi connectivity index (χ3v) is 1.98. The van der Waals surface area contributed by atoms with Crippen molar-refractivity contribution in [3.05, 3.63) is 0 Å². The third kappa shape index (κ3) is 11.2. The van der Waals surface area contributed by atoms with Gasteiger partial charge in [0, 0.05) is 0 Å². The summed E-state index contributed by atoms with van der Waals surface area (Å²) in [6.45, 7) is -0.756. The predicted molar refractivity (Wildman–Crippen MR) is 63.2 cm³/mol. The van der Waals surface area contributed by atoms with Crippen molar-refractivity contribution < 1.29 is 45.6 Å². The number of rotatable bonds is 9. The summed E-state index contributed by atoms with van der Waals surface area (Å²) < 4.78 is 4.63. The molecule has 118 valence electrons. The molecule has 0 saturated heterocycles. The van der Waals surface area contributed by atoms with E-state index in [9.17, 15) is 0 Å². The van der Waals surface area contributed by atoms with Crippen molar-refractivity contribution in [2.75, 3.05) is 39.6 Å². The van der Waals surface area contributed by atoms with Crippen molar-refractivity contribution in [2.24, 2.45) is 0 Å². The Kier molecular flexibility index (Phi) is 15.5. The normalized spacial score (nSPS) is 17.1. The molecular weight excluding hydrogens is 264 g/mol. The van der Waals surface area contributed by atoms with Crippen molar-refractivity contribution in [3.63, 3.8) is 0 Å². The fraction of sp³-hybridized carbons (Fsp3) is 1.00. The summed E-state index contributed by atoms with van der Waals surface area (Å²) in [5, 5.41) is 68.3. The van der Waals surface area contributed by atoms with E-state index in [0.29, 0.717) is 13.2 Å². The van der Waals surface area contributed by atoms with Gasteiger partial charge in [0.1, 0.15) is 24.4 Å². The molecule has 0 aromatic heterocycles. The molecular formula is C10H24O9. The Labute approximate surface area is 110 Å². The van der Waals surface area contributed by atoms with Gasteiger partial charge in [-0.3, -0.25) is 0 Å². The van der Waals surface area contributed by atoms with E-state index in [1.807, 2.05) is 0 Å². The number of hydrogen-bond donors (Lipinski definition) is 8. The molecule has 8 N–H and O–H groups in total. The van der Waals surface area contributed by atoms with E-state index in [0.717, 1.165) is 0 Å². The number of hydrogen-bond acceptors (Lipinski definition) is 9. The van der Waals surface area contributed by atoms with Gasteiger partial charge in [0.05, 0.1) is 39.6 Å². The van der Waals surface area contributed by atoms with E-state index in [-0.39, 0.29) is 13.2 Å². The topological polar surface area (TPSA) is 171 Å². The average Bonchev–Trinajstić information content (AvgIpc) is 2.45. The second kappa shape index (κ2) is 14.1. The van der Waals surface area contributed by atoms with Crippen LogP contribution in [0.1, 0.15) is 0 Å². The van der Waals surface area contributed by atoms with Gasteiger partial charge in [-0.2, -0.15) is 0 Å². The molecule has 9 heteroatoms. The summed E-state index contributed by atoms with van der Waals surface area (Å²) in [5.74, 6) is 0. The van der Waals surface area contributed by atoms with E-state index in [4.69, 9.17) is 40.9 Å². The fourth-order valence-electron chi connectivity index (χ4n) is 0.902. The molecule has 9 nitrogen and oxygen atoms in total. The first-order chi connectivity index (χ1) is 8.95. The van der Waals surface area contributed by atoms with E-state index in [2.05, 4.69) is 4.74 Å². The highest BCUT2D eigenvalue weighted by atomic mass is 16.5. The summed E-state index contributed by atoms with van der Waals surface area (Å²) >= 11 is 0. The van der Waals surface area contributed by atoms with Crippen LogP contribution in [0.5, 0.6) is 0 Å². The highest BCUT2D eigenvalue weighted by molar-refractivity contribution is 4.79. The lowest BCUT2D eigenvalue weighted by Crippen LogP contribution is -2.46. The van der Waals surface area contributed by atoms with Crippen LogP contribution in [0.4, 0.5) is 0 Å². The molecule has 0 radical (unpaired) electrons. The zero-order chi connectivity index (χ0) is 15.3. The quantitative estimate of drug-likeness (QED) is 0.194. The van der Waals surface area contributed by atoms with Crippen LogP contribution in [-0.4, -0.2) is 105 Å². The molecule has 0 aliphatic heterocycles. The Balaban J connectivity index is 0. The van der Waals surface area contributed by atoms with Crippen LogP contribution in [-0.2, 0) is 4.74 Å². The van der Waals surface area contributed by atoms with Crippen molar-refractivity contribution >= 4 is 0 Å². The molecule has 0 amide bonds. The summed E-state index contributed by atoms with van der Waals surface area (Å²) in [6.07, 6.45) is -6.39. The average molecular weight is 288 g/mol. The molecule has 4 atom stereocenters. The molecule has 19 heavy (non-hydrogen) atoms. The minimum Gasteiger partial charge on any atom is -0.394 e. The fourth-order valence-corrected chi connectivity index (χ4v) is 0.902. The standard InChI is InChI=1S/C6H14O6.C4H10O3/c7-1-3(9)5(11)6(12)4(10)2-8;5-1-3-7-4-2-6/h3-12H,1-2H2;5-6H,1-4H2. The van der Waals surface area contributed by atoms with Gasteiger partial charge < -0.3 is 45.6 Å². The molecule has 0 spiro atoms. The maximum absolute atomic E-state index is 8.96. The molecule has 4 unspecified atom stereocenters. The second-order valence-electron chi connectivity index (χ2n) is 3.54. The molecule has 0 rings (SSSR count). The van der Waals surface area contributed by atoms with Gasteiger partial charge in [0.15, 0.2) is 0 Å². The van der Waals surface area contributed by atoms with Crippen molar-refractivity contribution in [1.29, 1.82) is 0 Å². The van der Waals surface area contributed by atoms with Gasteiger partial charge in [-0.1, -0.05) is 0 Å². The predicted octanol–water partition coefficient (Wildman–Crippen LogP) is -4.60. The Morgan fingerprint density at radius 1 is 0.632 bits per heavy atom. The minimum absolute atomic E-state index is 0.0278. The van der Waals surface area contributed by atoms with Crippen LogP contribution in [0.15, 0.2) is 0 Å². The van der Waals surface area contributed by atoms with E-state index in [1.54, 1.807) is 0 Å². The summed E-state index contributed by atoms with van der Waals surface area (Å²) in [7, 11) is 0. The first-order valence-corrected chi connectivity index (χ1v) is 5.69. The second-order valence-corrected chi connectivity index (χ2v) is 3.54. The number of aliphatic hydroxyl groups excluding tert-OH is 8. The van der Waals surface area contributed by atoms with Gasteiger partial charge in [0.25, 0.3) is 0 Å². The summed E-state index contributed by atoms with van der Waals surface area (Å²) in [6, 6.07) is 0. The molecule has 0 aromatic carbocycles. The molecule has 0 aromatic rings. The van der Waals surface area contributed by atoms with Gasteiger partial charge >= 0.3 is 0 Å². The Hall–Kier alpha value is -0.360. The highest BCUT2D eigenvalue weighted by Gasteiger charge is 2.29. The highest BCUT2D eigenvalue weighted by Crippen LogP contribution is 2.03. The van der Waals surface area contributed by atoms with E-state index < -0.39 is 37.6 Å². The van der Waals surface area contributed by atoms with Crippen LogP contribution < -0.4 is 0 Å². The SMILES string of the molecule is OCC(O)C(O)C(O)C(O)CO.OCCOCCO. The smallest absolute Gasteiger partial charge is 0.111 e. The first kappa shape index (κ1) is 20.9. The van der Waals surface area contributed by atoms with Crippen LogP contribution in [0.2, 0.25) is 0 Å². The lowest BCUT2D eigenvalue weighted by Gasteiger charge is -2.24. The molecule has 0 fully saturated rings.